The van der Waals surface area contributed by atoms with Crippen LogP contribution in [-0.4, -0.2) is 29.5 Å². The molecule has 3 N–H and O–H groups in total. The summed E-state index contributed by atoms with van der Waals surface area (Å²) in [6.45, 7) is 3.82. The zero-order valence-electron chi connectivity index (χ0n) is 19.7. The smallest absolute Gasteiger partial charge is 0.303 e. The number of aryl methyl sites for hydroxylation is 2. The lowest BCUT2D eigenvalue weighted by molar-refractivity contribution is -0.137. The van der Waals surface area contributed by atoms with Crippen LogP contribution in [0.2, 0.25) is 0 Å². The molecule has 0 heterocycles. The first kappa shape index (κ1) is 25.2. The van der Waals surface area contributed by atoms with Gasteiger partial charge in [0.25, 0.3) is 11.8 Å². The van der Waals surface area contributed by atoms with Crippen LogP contribution in [0.5, 0.6) is 5.75 Å². The summed E-state index contributed by atoms with van der Waals surface area (Å²) in [5, 5.41) is 14.5. The van der Waals surface area contributed by atoms with Gasteiger partial charge in [0.05, 0.1) is 16.8 Å². The number of carboxylic acids is 1. The average molecular weight is 473 g/mol. The Balaban J connectivity index is 1.67. The van der Waals surface area contributed by atoms with Crippen molar-refractivity contribution in [1.82, 2.24) is 0 Å². The largest absolute Gasteiger partial charge is 0.489 e. The fourth-order valence-electron chi connectivity index (χ4n) is 3.32. The molecule has 0 aromatic heterocycles. The summed E-state index contributed by atoms with van der Waals surface area (Å²) in [7, 11) is 0. The summed E-state index contributed by atoms with van der Waals surface area (Å²) in [6, 6.07) is 21.3. The highest BCUT2D eigenvalue weighted by Gasteiger charge is 2.16. The first-order chi connectivity index (χ1) is 16.9. The van der Waals surface area contributed by atoms with Crippen molar-refractivity contribution in [2.45, 2.75) is 26.7 Å². The van der Waals surface area contributed by atoms with E-state index in [0.29, 0.717) is 34.7 Å². The van der Waals surface area contributed by atoms with E-state index in [9.17, 15) is 14.4 Å². The molecule has 3 aromatic rings. The van der Waals surface area contributed by atoms with Crippen LogP contribution in [0, 0.1) is 6.92 Å². The first-order valence-electron chi connectivity index (χ1n) is 11.2. The van der Waals surface area contributed by atoms with E-state index in [0.717, 1.165) is 11.1 Å². The predicted molar refractivity (Wildman–Crippen MR) is 136 cm³/mol. The van der Waals surface area contributed by atoms with E-state index in [1.807, 2.05) is 37.3 Å². The molecular weight excluding hydrogens is 444 g/mol. The number of para-hydroxylation sites is 1. The molecule has 0 radical (unpaired) electrons. The Morgan fingerprint density at radius 3 is 2.40 bits per heavy atom. The maximum atomic E-state index is 13.0. The lowest BCUT2D eigenvalue weighted by Gasteiger charge is -2.14. The number of carbonyl (C=O) groups is 3. The van der Waals surface area contributed by atoms with Crippen molar-refractivity contribution in [1.29, 1.82) is 0 Å². The van der Waals surface area contributed by atoms with Gasteiger partial charge in [0, 0.05) is 12.1 Å². The zero-order chi connectivity index (χ0) is 25.2. The minimum absolute atomic E-state index is 0.00712. The van der Waals surface area contributed by atoms with Gasteiger partial charge in [0.2, 0.25) is 0 Å². The predicted octanol–water partition coefficient (Wildman–Crippen LogP) is 5.23. The summed E-state index contributed by atoms with van der Waals surface area (Å²) in [5.74, 6) is -0.980. The fourth-order valence-corrected chi connectivity index (χ4v) is 3.32. The highest BCUT2D eigenvalue weighted by atomic mass is 16.5. The average Bonchev–Trinajstić information content (AvgIpc) is 2.85. The second-order valence-electron chi connectivity index (χ2n) is 7.96. The van der Waals surface area contributed by atoms with Gasteiger partial charge in [-0.05, 0) is 62.2 Å². The monoisotopic (exact) mass is 472 g/mol. The van der Waals surface area contributed by atoms with Gasteiger partial charge >= 0.3 is 5.97 Å². The summed E-state index contributed by atoms with van der Waals surface area (Å²) in [5.41, 5.74) is 3.55. The van der Waals surface area contributed by atoms with Gasteiger partial charge in [-0.15, -0.1) is 0 Å². The molecule has 7 nitrogen and oxygen atoms in total. The summed E-state index contributed by atoms with van der Waals surface area (Å²) in [6.07, 6.45) is 2.05. The minimum Gasteiger partial charge on any atom is -0.489 e. The molecule has 2 amide bonds. The molecular formula is C28H28N2O5. The molecule has 0 spiro atoms. The third-order valence-electron chi connectivity index (χ3n) is 5.29. The third-order valence-corrected chi connectivity index (χ3v) is 5.29. The highest BCUT2D eigenvalue weighted by molar-refractivity contribution is 6.12. The maximum Gasteiger partial charge on any atom is 0.303 e. The summed E-state index contributed by atoms with van der Waals surface area (Å²) in [4.78, 5) is 36.7. The normalized spacial score (nSPS) is 11.0. The van der Waals surface area contributed by atoms with E-state index in [1.54, 1.807) is 55.5 Å². The number of allylic oxidation sites excluding steroid dienone is 1. The highest BCUT2D eigenvalue weighted by Crippen LogP contribution is 2.20. The number of benzene rings is 3. The van der Waals surface area contributed by atoms with Gasteiger partial charge in [-0.2, -0.15) is 0 Å². The maximum absolute atomic E-state index is 13.0. The van der Waals surface area contributed by atoms with E-state index in [4.69, 9.17) is 9.84 Å². The Labute approximate surface area is 204 Å². The van der Waals surface area contributed by atoms with Crippen LogP contribution in [0.3, 0.4) is 0 Å². The van der Waals surface area contributed by atoms with Crippen LogP contribution in [0.1, 0.15) is 34.8 Å². The topological polar surface area (TPSA) is 105 Å². The van der Waals surface area contributed by atoms with Crippen molar-refractivity contribution < 1.29 is 24.2 Å². The quantitative estimate of drug-likeness (QED) is 0.351. The first-order valence-corrected chi connectivity index (χ1v) is 11.2. The molecule has 0 fully saturated rings. The van der Waals surface area contributed by atoms with E-state index < -0.39 is 11.9 Å². The Morgan fingerprint density at radius 1 is 0.943 bits per heavy atom. The van der Waals surface area contributed by atoms with Crippen LogP contribution >= 0.6 is 0 Å². The van der Waals surface area contributed by atoms with E-state index in [2.05, 4.69) is 10.6 Å². The lowest BCUT2D eigenvalue weighted by atomic mass is 10.1. The molecule has 0 bridgehead atoms. The Kier molecular flexibility index (Phi) is 8.78. The van der Waals surface area contributed by atoms with Gasteiger partial charge in [0.15, 0.2) is 0 Å². The second-order valence-corrected chi connectivity index (χ2v) is 7.96. The molecule has 35 heavy (non-hydrogen) atoms. The number of amides is 2. The number of hydrogen-bond acceptors (Lipinski definition) is 4. The van der Waals surface area contributed by atoms with Crippen molar-refractivity contribution in [2.24, 2.45) is 0 Å². The Morgan fingerprint density at radius 2 is 1.69 bits per heavy atom. The number of hydrogen-bond donors (Lipinski definition) is 3. The van der Waals surface area contributed by atoms with Crippen molar-refractivity contribution in [3.05, 3.63) is 101 Å². The van der Waals surface area contributed by atoms with E-state index >= 15 is 0 Å². The SMILES string of the molecule is C/C=C(\COc1ccc(C)cc1)C(=O)Nc1ccccc1C(=O)Nc1cccc(CCC(=O)O)c1. The molecule has 0 atom stereocenters. The lowest BCUT2D eigenvalue weighted by Crippen LogP contribution is -2.22. The molecule has 0 saturated carbocycles. The minimum atomic E-state index is -0.881. The van der Waals surface area contributed by atoms with Crippen molar-refractivity contribution in [3.8, 4) is 5.75 Å². The van der Waals surface area contributed by atoms with Crippen molar-refractivity contribution in [3.63, 3.8) is 0 Å². The second kappa shape index (κ2) is 12.2. The molecule has 3 aromatic carbocycles. The Hall–Kier alpha value is -4.39. The number of nitrogens with one attached hydrogen (secondary N) is 2. The van der Waals surface area contributed by atoms with E-state index in [1.165, 1.54) is 0 Å². The van der Waals surface area contributed by atoms with Gasteiger partial charge in [0.1, 0.15) is 12.4 Å². The van der Waals surface area contributed by atoms with Gasteiger partial charge in [-0.25, -0.2) is 0 Å². The number of aliphatic carboxylic acids is 1. The van der Waals surface area contributed by atoms with Crippen LogP contribution in [0.25, 0.3) is 0 Å². The van der Waals surface area contributed by atoms with Gasteiger partial charge in [-0.1, -0.05) is 48.0 Å². The molecule has 180 valence electrons. The molecule has 0 unspecified atom stereocenters. The summed E-state index contributed by atoms with van der Waals surface area (Å²) >= 11 is 0. The van der Waals surface area contributed by atoms with Crippen molar-refractivity contribution >= 4 is 29.2 Å². The standard InChI is InChI=1S/C28H28N2O5/c1-3-21(18-35-23-14-11-19(2)12-15-23)27(33)30-25-10-5-4-9-24(25)28(34)29-22-8-6-7-20(17-22)13-16-26(31)32/h3-12,14-15,17H,13,16,18H2,1-2H3,(H,29,34)(H,30,33)(H,31,32)/b21-3+. The number of carboxylic acid groups (broad SMARTS) is 1. The molecule has 0 saturated heterocycles. The molecule has 3 rings (SSSR count). The van der Waals surface area contributed by atoms with Crippen molar-refractivity contribution in [2.75, 3.05) is 17.2 Å². The van der Waals surface area contributed by atoms with Gasteiger partial charge in [-0.3, -0.25) is 14.4 Å². The number of carbonyl (C=O) groups excluding carboxylic acids is 2. The molecule has 0 aliphatic heterocycles. The molecule has 0 aliphatic rings. The third kappa shape index (κ3) is 7.57. The molecule has 0 aliphatic carbocycles. The van der Waals surface area contributed by atoms with Crippen LogP contribution < -0.4 is 15.4 Å². The molecule has 7 heteroatoms. The van der Waals surface area contributed by atoms with Crippen LogP contribution in [-0.2, 0) is 16.0 Å². The van der Waals surface area contributed by atoms with E-state index in [-0.39, 0.29) is 18.9 Å². The number of ether oxygens (including phenoxy) is 1. The Bertz CT molecular complexity index is 1230. The summed E-state index contributed by atoms with van der Waals surface area (Å²) < 4.78 is 5.73. The van der Waals surface area contributed by atoms with Gasteiger partial charge < -0.3 is 20.5 Å². The van der Waals surface area contributed by atoms with Crippen LogP contribution in [0.4, 0.5) is 11.4 Å². The van der Waals surface area contributed by atoms with Crippen LogP contribution in [0.15, 0.2) is 84.4 Å². The number of anilines is 2. The fraction of sp³-hybridized carbons (Fsp3) is 0.179. The number of rotatable bonds is 10. The zero-order valence-corrected chi connectivity index (χ0v) is 19.7.